The number of likely N-dealkylation sites (N-methyl/N-ethyl adjacent to an activating group) is 2. The number of rotatable bonds is 2. The highest BCUT2D eigenvalue weighted by atomic mass is 32.2. The number of hydrogen-bond acceptors (Lipinski definition) is 7. The normalized spacial score (nSPS) is 27.2. The highest BCUT2D eigenvalue weighted by Crippen LogP contribution is 2.53. The van der Waals surface area contributed by atoms with E-state index in [-0.39, 0.29) is 37.5 Å². The highest BCUT2D eigenvalue weighted by Gasteiger charge is 2.45. The molecule has 1 aromatic carbocycles. The number of amides is 2. The van der Waals surface area contributed by atoms with E-state index in [0.29, 0.717) is 37.4 Å². The summed E-state index contributed by atoms with van der Waals surface area (Å²) in [5.74, 6) is 0.311. The van der Waals surface area contributed by atoms with Crippen molar-refractivity contribution in [1.82, 2.24) is 18.8 Å². The molecule has 1 fully saturated rings. The zero-order valence-corrected chi connectivity index (χ0v) is 26.1. The molecule has 1 aromatic rings. The van der Waals surface area contributed by atoms with Crippen LogP contribution in [0.3, 0.4) is 0 Å². The van der Waals surface area contributed by atoms with Crippen molar-refractivity contribution in [3.63, 3.8) is 0 Å². The van der Waals surface area contributed by atoms with E-state index in [9.17, 15) is 18.0 Å². The Labute approximate surface area is 254 Å². The number of allylic oxidation sites excluding steroid dienone is 2. The van der Waals surface area contributed by atoms with Crippen LogP contribution in [0.15, 0.2) is 47.2 Å². The molecule has 43 heavy (non-hydrogen) atoms. The van der Waals surface area contributed by atoms with Crippen LogP contribution in [0.4, 0.5) is 0 Å². The van der Waals surface area contributed by atoms with Gasteiger partial charge in [0.1, 0.15) is 5.75 Å². The van der Waals surface area contributed by atoms with Gasteiger partial charge in [0.25, 0.3) is 5.91 Å². The van der Waals surface area contributed by atoms with E-state index in [1.165, 1.54) is 31.9 Å². The molecule has 0 spiro atoms. The molecule has 232 valence electrons. The summed E-state index contributed by atoms with van der Waals surface area (Å²) >= 11 is 0. The van der Waals surface area contributed by atoms with Crippen LogP contribution in [0, 0.1) is 17.8 Å². The van der Waals surface area contributed by atoms with Gasteiger partial charge in [-0.25, -0.2) is 4.72 Å². The molecule has 3 heterocycles. The molecule has 3 aliphatic heterocycles. The van der Waals surface area contributed by atoms with Crippen molar-refractivity contribution in [2.75, 3.05) is 54.1 Å². The summed E-state index contributed by atoms with van der Waals surface area (Å²) in [6.07, 6.45) is 10.8. The van der Waals surface area contributed by atoms with Crippen LogP contribution >= 0.6 is 0 Å². The standard InChI is InChI=1S/C32H42N4O6S/c1-34-13-15-42-16-14-35(2)43(39,40)33-31(37)22-9-11-27-28(19-22)36-20-24(32(34)38)17-23-18-25(41-3)10-12-26(23)30(36)29(27)21-7-5-4-6-8-21/h9-10,12,18-19,21,24,27H,4-8,11,13-17,20H2,1-3H3,(H,33,37). The van der Waals surface area contributed by atoms with Gasteiger partial charge in [0.2, 0.25) is 5.91 Å². The summed E-state index contributed by atoms with van der Waals surface area (Å²) in [7, 11) is 0.822. The predicted octanol–water partition coefficient (Wildman–Crippen LogP) is 3.09. The molecule has 2 amide bonds. The zero-order chi connectivity index (χ0) is 30.3. The molecular formula is C32H42N4O6S. The van der Waals surface area contributed by atoms with Crippen LogP contribution in [0.5, 0.6) is 5.75 Å². The Hall–Kier alpha value is -3.15. The van der Waals surface area contributed by atoms with Gasteiger partial charge in [-0.2, -0.15) is 12.7 Å². The monoisotopic (exact) mass is 610 g/mol. The van der Waals surface area contributed by atoms with Gasteiger partial charge in [0.05, 0.1) is 26.2 Å². The molecule has 0 radical (unpaired) electrons. The molecule has 10 nitrogen and oxygen atoms in total. The second kappa shape index (κ2) is 12.1. The maximum Gasteiger partial charge on any atom is 0.303 e. The number of hydrogen-bond donors (Lipinski definition) is 1. The Kier molecular flexibility index (Phi) is 8.41. The Bertz CT molecular complexity index is 1490. The Balaban J connectivity index is 1.50. The summed E-state index contributed by atoms with van der Waals surface area (Å²) in [4.78, 5) is 31.4. The van der Waals surface area contributed by atoms with Crippen LogP contribution in [-0.2, 0) is 31.0 Å². The number of benzene rings is 1. The molecular weight excluding hydrogens is 568 g/mol. The third-order valence-corrected chi connectivity index (χ3v) is 11.1. The number of carbonyl (C=O) groups excluding carboxylic acids is 2. The summed E-state index contributed by atoms with van der Waals surface area (Å²) in [5.41, 5.74) is 6.05. The Morgan fingerprint density at radius 3 is 2.56 bits per heavy atom. The Morgan fingerprint density at radius 1 is 1.02 bits per heavy atom. The first-order valence-corrected chi connectivity index (χ1v) is 16.8. The first-order valence-electron chi connectivity index (χ1n) is 15.4. The highest BCUT2D eigenvalue weighted by molar-refractivity contribution is 7.87. The number of nitrogens with zero attached hydrogens (tertiary/aromatic N) is 3. The summed E-state index contributed by atoms with van der Waals surface area (Å²) in [5, 5.41) is 0. The van der Waals surface area contributed by atoms with Gasteiger partial charge < -0.3 is 19.3 Å². The van der Waals surface area contributed by atoms with Gasteiger partial charge in [-0.3, -0.25) is 9.59 Å². The molecule has 2 unspecified atom stereocenters. The van der Waals surface area contributed by atoms with E-state index in [4.69, 9.17) is 9.47 Å². The minimum absolute atomic E-state index is 0.0372. The van der Waals surface area contributed by atoms with Crippen LogP contribution in [0.1, 0.15) is 49.7 Å². The summed E-state index contributed by atoms with van der Waals surface area (Å²) in [6, 6.07) is 6.17. The van der Waals surface area contributed by atoms with E-state index in [1.54, 1.807) is 19.1 Å². The van der Waals surface area contributed by atoms with Gasteiger partial charge >= 0.3 is 10.2 Å². The van der Waals surface area contributed by atoms with Gasteiger partial charge in [0.15, 0.2) is 0 Å². The number of fused-ring (bicyclic) bond motifs is 4. The van der Waals surface area contributed by atoms with E-state index in [1.807, 2.05) is 18.2 Å². The van der Waals surface area contributed by atoms with Gasteiger partial charge in [-0.1, -0.05) is 25.3 Å². The largest absolute Gasteiger partial charge is 0.497 e. The number of carbonyl (C=O) groups is 2. The second-order valence-electron chi connectivity index (χ2n) is 12.3. The lowest BCUT2D eigenvalue weighted by Gasteiger charge is -2.31. The van der Waals surface area contributed by atoms with Gasteiger partial charge in [-0.15, -0.1) is 0 Å². The van der Waals surface area contributed by atoms with Crippen molar-refractivity contribution < 1.29 is 27.5 Å². The fourth-order valence-corrected chi connectivity index (χ4v) is 8.16. The smallest absolute Gasteiger partial charge is 0.303 e. The van der Waals surface area contributed by atoms with Crippen LogP contribution in [0.25, 0.3) is 5.70 Å². The van der Waals surface area contributed by atoms with E-state index in [2.05, 4.69) is 21.8 Å². The lowest BCUT2D eigenvalue weighted by Crippen LogP contribution is -2.43. The van der Waals surface area contributed by atoms with Crippen LogP contribution in [-0.4, -0.2) is 88.4 Å². The molecule has 4 bridgehead atoms. The van der Waals surface area contributed by atoms with E-state index >= 15 is 0 Å². The van der Waals surface area contributed by atoms with Crippen molar-refractivity contribution >= 4 is 27.7 Å². The number of ether oxygens (including phenoxy) is 2. The molecule has 11 heteroatoms. The third kappa shape index (κ3) is 5.74. The predicted molar refractivity (Wildman–Crippen MR) is 163 cm³/mol. The number of nitrogens with one attached hydrogen (secondary N) is 1. The third-order valence-electron chi connectivity index (χ3n) is 9.69. The minimum Gasteiger partial charge on any atom is -0.497 e. The first-order chi connectivity index (χ1) is 20.7. The van der Waals surface area contributed by atoms with Crippen molar-refractivity contribution in [1.29, 1.82) is 0 Å². The zero-order valence-electron chi connectivity index (χ0n) is 25.3. The van der Waals surface area contributed by atoms with Crippen LogP contribution < -0.4 is 9.46 Å². The SMILES string of the molecule is COc1ccc2c(c1)CC1CN3C4=CC(=CCC4C(C4CCCCC4)=C23)C(=O)NS(=O)(=O)N(C)CCOCCN(C)C1=O. The molecule has 6 rings (SSSR count). The summed E-state index contributed by atoms with van der Waals surface area (Å²) < 4.78 is 40.6. The van der Waals surface area contributed by atoms with E-state index in [0.717, 1.165) is 45.4 Å². The number of methoxy groups -OCH3 is 1. The second-order valence-corrected chi connectivity index (χ2v) is 14.1. The quantitative estimate of drug-likeness (QED) is 0.549. The fraction of sp³-hybridized carbons (Fsp3) is 0.562. The van der Waals surface area contributed by atoms with Gasteiger partial charge in [-0.05, 0) is 67.0 Å². The van der Waals surface area contributed by atoms with E-state index < -0.39 is 16.1 Å². The molecule has 5 aliphatic rings. The van der Waals surface area contributed by atoms with Crippen LogP contribution in [0.2, 0.25) is 0 Å². The maximum atomic E-state index is 14.0. The average molecular weight is 611 g/mol. The average Bonchev–Trinajstić information content (AvgIpc) is 3.22. The summed E-state index contributed by atoms with van der Waals surface area (Å²) in [6.45, 7) is 1.37. The van der Waals surface area contributed by atoms with Gasteiger partial charge in [0, 0.05) is 62.2 Å². The van der Waals surface area contributed by atoms with Crippen molar-refractivity contribution in [3.05, 3.63) is 58.3 Å². The molecule has 0 aromatic heterocycles. The fourth-order valence-electron chi connectivity index (χ4n) is 7.34. The molecule has 1 saturated carbocycles. The Morgan fingerprint density at radius 2 is 1.79 bits per heavy atom. The molecule has 2 aliphatic carbocycles. The van der Waals surface area contributed by atoms with Crippen molar-refractivity contribution in [2.24, 2.45) is 17.8 Å². The lowest BCUT2D eigenvalue weighted by molar-refractivity contribution is -0.135. The molecule has 1 N–H and O–H groups in total. The van der Waals surface area contributed by atoms with Crippen molar-refractivity contribution in [2.45, 2.75) is 44.9 Å². The maximum absolute atomic E-state index is 14.0. The first kappa shape index (κ1) is 29.9. The molecule has 2 atom stereocenters. The minimum atomic E-state index is -4.06. The topological polar surface area (TPSA) is 108 Å². The lowest BCUT2D eigenvalue weighted by atomic mass is 9.75. The molecule has 0 saturated heterocycles. The van der Waals surface area contributed by atoms with Crippen molar-refractivity contribution in [3.8, 4) is 5.75 Å².